The van der Waals surface area contributed by atoms with Gasteiger partial charge in [0.15, 0.2) is 0 Å². The molecule has 0 aliphatic rings. The number of carbonyl (C=O) groups excluding carboxylic acids is 1. The third-order valence-electron chi connectivity index (χ3n) is 3.26. The van der Waals surface area contributed by atoms with E-state index in [0.717, 1.165) is 22.6 Å². The Morgan fingerprint density at radius 3 is 2.55 bits per heavy atom. The third-order valence-corrected chi connectivity index (χ3v) is 3.99. The first-order valence-electron chi connectivity index (χ1n) is 6.74. The van der Waals surface area contributed by atoms with E-state index in [2.05, 4.69) is 5.32 Å². The number of anilines is 1. The molecule has 2 nitrogen and oxygen atoms in total. The van der Waals surface area contributed by atoms with E-state index in [9.17, 15) is 4.79 Å². The number of thioether (sulfide) groups is 1. The lowest BCUT2D eigenvalue weighted by atomic mass is 9.95. The van der Waals surface area contributed by atoms with Crippen LogP contribution < -0.4 is 5.32 Å². The van der Waals surface area contributed by atoms with E-state index in [-0.39, 0.29) is 11.8 Å². The van der Waals surface area contributed by atoms with E-state index >= 15 is 0 Å². The second-order valence-electron chi connectivity index (χ2n) is 4.59. The molecular weight excluding hydrogens is 266 g/mol. The highest BCUT2D eigenvalue weighted by molar-refractivity contribution is 7.98. The molecule has 0 heterocycles. The van der Waals surface area contributed by atoms with Gasteiger partial charge >= 0.3 is 0 Å². The molecule has 0 aliphatic carbocycles. The maximum atomic E-state index is 12.4. The molecule has 0 aliphatic heterocycles. The van der Waals surface area contributed by atoms with Crippen molar-refractivity contribution in [3.63, 3.8) is 0 Å². The summed E-state index contributed by atoms with van der Waals surface area (Å²) < 4.78 is 0. The Morgan fingerprint density at radius 1 is 1.15 bits per heavy atom. The zero-order valence-electron chi connectivity index (χ0n) is 11.8. The monoisotopic (exact) mass is 285 g/mol. The minimum Gasteiger partial charge on any atom is -0.326 e. The van der Waals surface area contributed by atoms with E-state index in [0.29, 0.717) is 0 Å². The van der Waals surface area contributed by atoms with Gasteiger partial charge in [-0.25, -0.2) is 0 Å². The first kappa shape index (κ1) is 14.7. The topological polar surface area (TPSA) is 29.1 Å². The molecule has 1 atom stereocenters. The summed E-state index contributed by atoms with van der Waals surface area (Å²) in [5, 5.41) is 3.01. The lowest BCUT2D eigenvalue weighted by Crippen LogP contribution is -2.20. The predicted molar refractivity (Wildman–Crippen MR) is 86.3 cm³/mol. The normalized spacial score (nSPS) is 11.9. The van der Waals surface area contributed by atoms with Crippen molar-refractivity contribution >= 4 is 23.4 Å². The first-order valence-corrected chi connectivity index (χ1v) is 7.97. The molecule has 0 radical (unpaired) electrons. The summed E-state index contributed by atoms with van der Waals surface area (Å²) in [5.41, 5.74) is 1.92. The zero-order valence-corrected chi connectivity index (χ0v) is 12.6. The van der Waals surface area contributed by atoms with Gasteiger partial charge in [0.25, 0.3) is 0 Å². The summed E-state index contributed by atoms with van der Waals surface area (Å²) in [7, 11) is 0. The Balaban J connectivity index is 2.13. The minimum absolute atomic E-state index is 0.0527. The summed E-state index contributed by atoms with van der Waals surface area (Å²) in [5.74, 6) is -0.0499. The summed E-state index contributed by atoms with van der Waals surface area (Å²) >= 11 is 1.67. The van der Waals surface area contributed by atoms with Gasteiger partial charge in [0.1, 0.15) is 0 Å². The summed E-state index contributed by atoms with van der Waals surface area (Å²) in [6.45, 7) is 2.04. The molecule has 0 saturated carbocycles. The van der Waals surface area contributed by atoms with Crippen LogP contribution in [-0.4, -0.2) is 12.2 Å². The smallest absolute Gasteiger partial charge is 0.231 e. The predicted octanol–water partition coefficient (Wildman–Crippen LogP) is 4.54. The Morgan fingerprint density at radius 2 is 1.90 bits per heavy atom. The SMILES string of the molecule is CC[C@@H](C(=O)Nc1cccc(SC)c1)c1ccccc1. The molecule has 1 amide bonds. The van der Waals surface area contributed by atoms with Crippen LogP contribution in [0.4, 0.5) is 5.69 Å². The molecule has 0 fully saturated rings. The summed E-state index contributed by atoms with van der Waals surface area (Å²) in [4.78, 5) is 13.6. The van der Waals surface area contributed by atoms with Crippen molar-refractivity contribution in [3.8, 4) is 0 Å². The van der Waals surface area contributed by atoms with Gasteiger partial charge < -0.3 is 5.32 Å². The number of carbonyl (C=O) groups is 1. The number of amides is 1. The quantitative estimate of drug-likeness (QED) is 0.817. The van der Waals surface area contributed by atoms with Crippen LogP contribution in [0.1, 0.15) is 24.8 Å². The molecule has 20 heavy (non-hydrogen) atoms. The van der Waals surface area contributed by atoms with Crippen LogP contribution in [0.2, 0.25) is 0 Å². The van der Waals surface area contributed by atoms with Crippen LogP contribution in [-0.2, 0) is 4.79 Å². The second kappa shape index (κ2) is 7.15. The van der Waals surface area contributed by atoms with Gasteiger partial charge in [-0.2, -0.15) is 0 Å². The van der Waals surface area contributed by atoms with Crippen molar-refractivity contribution in [1.29, 1.82) is 0 Å². The van der Waals surface area contributed by atoms with E-state index in [4.69, 9.17) is 0 Å². The van der Waals surface area contributed by atoms with Crippen LogP contribution in [0.15, 0.2) is 59.5 Å². The minimum atomic E-state index is -0.103. The van der Waals surface area contributed by atoms with E-state index in [1.807, 2.05) is 67.8 Å². The van der Waals surface area contributed by atoms with Crippen LogP contribution in [0.3, 0.4) is 0 Å². The fourth-order valence-electron chi connectivity index (χ4n) is 2.19. The van der Waals surface area contributed by atoms with Gasteiger partial charge in [0.2, 0.25) is 5.91 Å². The highest BCUT2D eigenvalue weighted by Crippen LogP contribution is 2.23. The molecule has 1 N–H and O–H groups in total. The molecule has 0 spiro atoms. The average Bonchev–Trinajstić information content (AvgIpc) is 2.49. The zero-order chi connectivity index (χ0) is 14.4. The molecule has 0 saturated heterocycles. The number of hydrogen-bond acceptors (Lipinski definition) is 2. The van der Waals surface area contributed by atoms with Crippen LogP contribution in [0.25, 0.3) is 0 Å². The lowest BCUT2D eigenvalue weighted by molar-refractivity contribution is -0.117. The summed E-state index contributed by atoms with van der Waals surface area (Å²) in [6, 6.07) is 17.8. The molecule has 3 heteroatoms. The lowest BCUT2D eigenvalue weighted by Gasteiger charge is -2.15. The molecule has 104 valence electrons. The van der Waals surface area contributed by atoms with Crippen molar-refractivity contribution in [3.05, 3.63) is 60.2 Å². The fraction of sp³-hybridized carbons (Fsp3) is 0.235. The highest BCUT2D eigenvalue weighted by atomic mass is 32.2. The van der Waals surface area contributed by atoms with Gasteiger partial charge in [-0.15, -0.1) is 11.8 Å². The number of hydrogen-bond donors (Lipinski definition) is 1. The van der Waals surface area contributed by atoms with Gasteiger partial charge in [0, 0.05) is 10.6 Å². The maximum Gasteiger partial charge on any atom is 0.231 e. The molecule has 0 aromatic heterocycles. The highest BCUT2D eigenvalue weighted by Gasteiger charge is 2.18. The van der Waals surface area contributed by atoms with Gasteiger partial charge in [-0.3, -0.25) is 4.79 Å². The molecule has 2 aromatic rings. The molecule has 2 rings (SSSR count). The van der Waals surface area contributed by atoms with E-state index < -0.39 is 0 Å². The first-order chi connectivity index (χ1) is 9.74. The van der Waals surface area contributed by atoms with Gasteiger partial charge in [-0.1, -0.05) is 43.3 Å². The van der Waals surface area contributed by atoms with Crippen molar-refractivity contribution in [1.82, 2.24) is 0 Å². The largest absolute Gasteiger partial charge is 0.326 e. The fourth-order valence-corrected chi connectivity index (χ4v) is 2.65. The molecule has 2 aromatic carbocycles. The standard InChI is InChI=1S/C17H19NOS/c1-3-16(13-8-5-4-6-9-13)17(19)18-14-10-7-11-15(12-14)20-2/h4-12,16H,3H2,1-2H3,(H,18,19)/t16-/m1/s1. The third kappa shape index (κ3) is 3.64. The Bertz CT molecular complexity index is 568. The average molecular weight is 285 g/mol. The number of benzene rings is 2. The molecule has 0 unspecified atom stereocenters. The van der Waals surface area contributed by atoms with E-state index in [1.165, 1.54) is 0 Å². The Hall–Kier alpha value is -1.74. The number of rotatable bonds is 5. The van der Waals surface area contributed by atoms with Crippen molar-refractivity contribution in [2.45, 2.75) is 24.2 Å². The van der Waals surface area contributed by atoms with Crippen LogP contribution >= 0.6 is 11.8 Å². The summed E-state index contributed by atoms with van der Waals surface area (Å²) in [6.07, 6.45) is 2.82. The van der Waals surface area contributed by atoms with Crippen molar-refractivity contribution in [2.24, 2.45) is 0 Å². The molecule has 0 bridgehead atoms. The van der Waals surface area contributed by atoms with E-state index in [1.54, 1.807) is 11.8 Å². The van der Waals surface area contributed by atoms with Gasteiger partial charge in [0.05, 0.1) is 5.92 Å². The Labute approximate surface area is 124 Å². The maximum absolute atomic E-state index is 12.4. The van der Waals surface area contributed by atoms with Crippen LogP contribution in [0, 0.1) is 0 Å². The van der Waals surface area contributed by atoms with Crippen molar-refractivity contribution in [2.75, 3.05) is 11.6 Å². The Kier molecular flexibility index (Phi) is 5.24. The second-order valence-corrected chi connectivity index (χ2v) is 5.47. The van der Waals surface area contributed by atoms with Gasteiger partial charge in [-0.05, 0) is 36.4 Å². The van der Waals surface area contributed by atoms with Crippen LogP contribution in [0.5, 0.6) is 0 Å². The molecular formula is C17H19NOS. The number of nitrogens with one attached hydrogen (secondary N) is 1. The van der Waals surface area contributed by atoms with Crippen molar-refractivity contribution < 1.29 is 4.79 Å².